The second kappa shape index (κ2) is 7.62. The zero-order valence-corrected chi connectivity index (χ0v) is 12.8. The molecule has 0 aliphatic heterocycles. The highest BCUT2D eigenvalue weighted by molar-refractivity contribution is 5.95. The second-order valence-electron chi connectivity index (χ2n) is 4.85. The van der Waals surface area contributed by atoms with Crippen LogP contribution in [0.4, 0.5) is 0 Å². The third-order valence-electron chi connectivity index (χ3n) is 2.93. The quantitative estimate of drug-likeness (QED) is 0.834. The number of carbonyl (C=O) groups excluding carboxylic acids is 1. The van der Waals surface area contributed by atoms with Crippen LogP contribution >= 0.6 is 0 Å². The van der Waals surface area contributed by atoms with E-state index in [1.165, 1.54) is 21.3 Å². The summed E-state index contributed by atoms with van der Waals surface area (Å²) in [5, 5.41) is 2.88. The Labute approximate surface area is 120 Å². The number of methoxy groups -OCH3 is 3. The minimum atomic E-state index is -0.148. The Balaban J connectivity index is 2.92. The monoisotopic (exact) mass is 281 g/mol. The highest BCUT2D eigenvalue weighted by Gasteiger charge is 2.16. The molecule has 0 fully saturated rings. The van der Waals surface area contributed by atoms with Gasteiger partial charge in [0.15, 0.2) is 11.5 Å². The maximum Gasteiger partial charge on any atom is 0.251 e. The van der Waals surface area contributed by atoms with Gasteiger partial charge >= 0.3 is 0 Å². The molecule has 1 rings (SSSR count). The molecule has 1 aromatic rings. The maximum atomic E-state index is 12.1. The number of benzene rings is 1. The summed E-state index contributed by atoms with van der Waals surface area (Å²) in [7, 11) is 4.58. The van der Waals surface area contributed by atoms with Crippen LogP contribution in [0.2, 0.25) is 0 Å². The Bertz CT molecular complexity index is 432. The third kappa shape index (κ3) is 4.05. The molecule has 0 atom stereocenters. The topological polar surface area (TPSA) is 56.8 Å². The maximum absolute atomic E-state index is 12.1. The van der Waals surface area contributed by atoms with E-state index in [0.29, 0.717) is 35.3 Å². The Morgan fingerprint density at radius 3 is 2.05 bits per heavy atom. The second-order valence-corrected chi connectivity index (χ2v) is 4.85. The van der Waals surface area contributed by atoms with Crippen LogP contribution in [0.15, 0.2) is 12.1 Å². The zero-order valence-electron chi connectivity index (χ0n) is 12.8. The lowest BCUT2D eigenvalue weighted by Crippen LogP contribution is -2.25. The third-order valence-corrected chi connectivity index (χ3v) is 2.93. The molecule has 0 bridgehead atoms. The van der Waals surface area contributed by atoms with Gasteiger partial charge in [-0.3, -0.25) is 4.79 Å². The van der Waals surface area contributed by atoms with Crippen LogP contribution in [0.3, 0.4) is 0 Å². The largest absolute Gasteiger partial charge is 0.493 e. The van der Waals surface area contributed by atoms with Gasteiger partial charge < -0.3 is 19.5 Å². The molecular formula is C15H23NO4. The molecule has 1 N–H and O–H groups in total. The molecule has 5 nitrogen and oxygen atoms in total. The molecule has 20 heavy (non-hydrogen) atoms. The first-order valence-corrected chi connectivity index (χ1v) is 6.61. The molecule has 0 unspecified atom stereocenters. The van der Waals surface area contributed by atoms with Gasteiger partial charge in [-0.1, -0.05) is 13.8 Å². The van der Waals surface area contributed by atoms with Crippen molar-refractivity contribution in [2.45, 2.75) is 20.3 Å². The summed E-state index contributed by atoms with van der Waals surface area (Å²) in [4.78, 5) is 12.1. The van der Waals surface area contributed by atoms with E-state index in [2.05, 4.69) is 19.2 Å². The van der Waals surface area contributed by atoms with E-state index in [1.54, 1.807) is 12.1 Å². The first-order chi connectivity index (χ1) is 9.53. The summed E-state index contributed by atoms with van der Waals surface area (Å²) in [5.41, 5.74) is 0.489. The van der Waals surface area contributed by atoms with Gasteiger partial charge in [-0.15, -0.1) is 0 Å². The van der Waals surface area contributed by atoms with Crippen molar-refractivity contribution in [2.24, 2.45) is 5.92 Å². The number of carbonyl (C=O) groups is 1. The van der Waals surface area contributed by atoms with E-state index in [9.17, 15) is 4.79 Å². The van der Waals surface area contributed by atoms with Crippen LogP contribution in [-0.4, -0.2) is 33.8 Å². The van der Waals surface area contributed by atoms with Gasteiger partial charge in [0.25, 0.3) is 5.91 Å². The first-order valence-electron chi connectivity index (χ1n) is 6.61. The smallest absolute Gasteiger partial charge is 0.251 e. The number of ether oxygens (including phenoxy) is 3. The zero-order chi connectivity index (χ0) is 15.1. The minimum Gasteiger partial charge on any atom is -0.493 e. The molecule has 0 saturated carbocycles. The molecule has 5 heteroatoms. The van der Waals surface area contributed by atoms with Gasteiger partial charge in [-0.25, -0.2) is 0 Å². The molecule has 0 spiro atoms. The van der Waals surface area contributed by atoms with E-state index >= 15 is 0 Å². The van der Waals surface area contributed by atoms with Crippen LogP contribution in [-0.2, 0) is 0 Å². The minimum absolute atomic E-state index is 0.148. The van der Waals surface area contributed by atoms with Gasteiger partial charge in [0.1, 0.15) is 0 Å². The lowest BCUT2D eigenvalue weighted by atomic mass is 10.1. The predicted octanol–water partition coefficient (Wildman–Crippen LogP) is 2.49. The van der Waals surface area contributed by atoms with E-state index < -0.39 is 0 Å². The van der Waals surface area contributed by atoms with Crippen LogP contribution in [0, 0.1) is 5.92 Å². The fraction of sp³-hybridized carbons (Fsp3) is 0.533. The van der Waals surface area contributed by atoms with Gasteiger partial charge in [-0.2, -0.15) is 0 Å². The van der Waals surface area contributed by atoms with Crippen molar-refractivity contribution in [3.63, 3.8) is 0 Å². The average molecular weight is 281 g/mol. The SMILES string of the molecule is COc1cc(C(=O)NCCC(C)C)cc(OC)c1OC. The molecule has 0 saturated heterocycles. The summed E-state index contributed by atoms with van der Waals surface area (Å²) in [6, 6.07) is 3.29. The van der Waals surface area contributed by atoms with Crippen LogP contribution < -0.4 is 19.5 Å². The lowest BCUT2D eigenvalue weighted by Gasteiger charge is -2.14. The number of hydrogen-bond donors (Lipinski definition) is 1. The summed E-state index contributed by atoms with van der Waals surface area (Å²) in [6.07, 6.45) is 0.941. The molecular weight excluding hydrogens is 258 g/mol. The highest BCUT2D eigenvalue weighted by Crippen LogP contribution is 2.38. The van der Waals surface area contributed by atoms with Crippen LogP contribution in [0.1, 0.15) is 30.6 Å². The van der Waals surface area contributed by atoms with Crippen molar-refractivity contribution >= 4 is 5.91 Å². The molecule has 1 amide bonds. The van der Waals surface area contributed by atoms with Gasteiger partial charge in [-0.05, 0) is 24.5 Å². The highest BCUT2D eigenvalue weighted by atomic mass is 16.5. The molecule has 0 aliphatic carbocycles. The van der Waals surface area contributed by atoms with Crippen molar-refractivity contribution < 1.29 is 19.0 Å². The van der Waals surface area contributed by atoms with Crippen molar-refractivity contribution in [3.05, 3.63) is 17.7 Å². The summed E-state index contributed by atoms with van der Waals surface area (Å²) in [5.74, 6) is 1.83. The first kappa shape index (κ1) is 16.1. The molecule has 112 valence electrons. The lowest BCUT2D eigenvalue weighted by molar-refractivity contribution is 0.0951. The molecule has 0 aromatic heterocycles. The average Bonchev–Trinajstić information content (AvgIpc) is 2.44. The number of hydrogen-bond acceptors (Lipinski definition) is 4. The summed E-state index contributed by atoms with van der Waals surface area (Å²) < 4.78 is 15.7. The van der Waals surface area contributed by atoms with Gasteiger partial charge in [0.2, 0.25) is 5.75 Å². The molecule has 0 heterocycles. The normalized spacial score (nSPS) is 10.3. The van der Waals surface area contributed by atoms with E-state index in [0.717, 1.165) is 6.42 Å². The van der Waals surface area contributed by atoms with Crippen LogP contribution in [0.25, 0.3) is 0 Å². The fourth-order valence-corrected chi connectivity index (χ4v) is 1.79. The Morgan fingerprint density at radius 2 is 1.65 bits per heavy atom. The van der Waals surface area contributed by atoms with Crippen molar-refractivity contribution in [3.8, 4) is 17.2 Å². The van der Waals surface area contributed by atoms with Gasteiger partial charge in [0.05, 0.1) is 21.3 Å². The van der Waals surface area contributed by atoms with Crippen molar-refractivity contribution in [2.75, 3.05) is 27.9 Å². The van der Waals surface area contributed by atoms with Crippen molar-refractivity contribution in [1.82, 2.24) is 5.32 Å². The predicted molar refractivity (Wildman–Crippen MR) is 77.9 cm³/mol. The van der Waals surface area contributed by atoms with E-state index in [1.807, 2.05) is 0 Å². The fourth-order valence-electron chi connectivity index (χ4n) is 1.79. The Hall–Kier alpha value is -1.91. The van der Waals surface area contributed by atoms with Gasteiger partial charge in [0, 0.05) is 12.1 Å². The van der Waals surface area contributed by atoms with E-state index in [4.69, 9.17) is 14.2 Å². The number of nitrogens with one attached hydrogen (secondary N) is 1. The van der Waals surface area contributed by atoms with Crippen LogP contribution in [0.5, 0.6) is 17.2 Å². The standard InChI is InChI=1S/C15H23NO4/c1-10(2)6-7-16-15(17)11-8-12(18-3)14(20-5)13(9-11)19-4/h8-10H,6-7H2,1-5H3,(H,16,17). The molecule has 0 radical (unpaired) electrons. The number of amides is 1. The van der Waals surface area contributed by atoms with E-state index in [-0.39, 0.29) is 5.91 Å². The summed E-state index contributed by atoms with van der Waals surface area (Å²) in [6.45, 7) is 4.88. The molecule has 0 aliphatic rings. The molecule has 1 aromatic carbocycles. The number of rotatable bonds is 7. The van der Waals surface area contributed by atoms with Crippen molar-refractivity contribution in [1.29, 1.82) is 0 Å². The Kier molecular flexibility index (Phi) is 6.15. The summed E-state index contributed by atoms with van der Waals surface area (Å²) >= 11 is 0. The Morgan fingerprint density at radius 1 is 1.10 bits per heavy atom.